The Morgan fingerprint density at radius 3 is 2.72 bits per heavy atom. The molecule has 1 aliphatic heterocycles. The molecule has 3 heterocycles. The molecular formula is C23H25N5O4. The first-order chi connectivity index (χ1) is 15.1. The van der Waals surface area contributed by atoms with Gasteiger partial charge in [-0.05, 0) is 50.5 Å². The number of anilines is 1. The van der Waals surface area contributed by atoms with Crippen molar-refractivity contribution in [2.45, 2.75) is 39.3 Å². The summed E-state index contributed by atoms with van der Waals surface area (Å²) in [5.41, 5.74) is 9.54. The molecule has 1 amide bonds. The molecule has 0 saturated heterocycles. The largest absolute Gasteiger partial charge is 0.478 e. The normalized spacial score (nSPS) is 13.5. The van der Waals surface area contributed by atoms with Crippen LogP contribution in [0.5, 0.6) is 0 Å². The van der Waals surface area contributed by atoms with Gasteiger partial charge in [0.2, 0.25) is 5.95 Å². The number of rotatable bonds is 3. The van der Waals surface area contributed by atoms with Crippen LogP contribution in [-0.4, -0.2) is 49.2 Å². The van der Waals surface area contributed by atoms with Crippen LogP contribution in [0.4, 0.5) is 10.7 Å². The van der Waals surface area contributed by atoms with Crippen molar-refractivity contribution in [3.05, 3.63) is 53.2 Å². The minimum absolute atomic E-state index is 0.106. The van der Waals surface area contributed by atoms with Gasteiger partial charge in [-0.3, -0.25) is 0 Å². The van der Waals surface area contributed by atoms with Crippen LogP contribution in [-0.2, 0) is 17.7 Å². The number of nitrogen functional groups attached to an aromatic ring is 1. The first-order valence-electron chi connectivity index (χ1n) is 10.3. The van der Waals surface area contributed by atoms with E-state index in [2.05, 4.69) is 15.0 Å². The molecule has 9 heteroatoms. The third-order valence-electron chi connectivity index (χ3n) is 5.19. The second kappa shape index (κ2) is 7.99. The number of amides is 1. The number of fused-ring (bicyclic) bond motifs is 1. The molecule has 0 atom stereocenters. The van der Waals surface area contributed by atoms with E-state index in [0.29, 0.717) is 36.6 Å². The highest BCUT2D eigenvalue weighted by molar-refractivity contribution is 5.97. The first kappa shape index (κ1) is 21.4. The number of ether oxygens (including phenoxy) is 1. The van der Waals surface area contributed by atoms with Crippen molar-refractivity contribution in [1.82, 2.24) is 19.9 Å². The minimum atomic E-state index is -1.05. The summed E-state index contributed by atoms with van der Waals surface area (Å²) < 4.78 is 5.50. The van der Waals surface area contributed by atoms with Crippen LogP contribution in [0.25, 0.3) is 22.6 Å². The average Bonchev–Trinajstić information content (AvgIpc) is 3.17. The maximum absolute atomic E-state index is 12.5. The molecule has 1 aromatic carbocycles. The Hall–Kier alpha value is -3.88. The Kier molecular flexibility index (Phi) is 5.33. The number of benzene rings is 1. The number of hydrogen-bond donors (Lipinski definition) is 3. The van der Waals surface area contributed by atoms with Crippen molar-refractivity contribution < 1.29 is 19.4 Å². The molecule has 0 aliphatic carbocycles. The van der Waals surface area contributed by atoms with Crippen molar-refractivity contribution in [3.8, 4) is 22.6 Å². The second-order valence-electron chi connectivity index (χ2n) is 8.67. The maximum Gasteiger partial charge on any atom is 0.410 e. The van der Waals surface area contributed by atoms with Gasteiger partial charge in [0.1, 0.15) is 5.60 Å². The highest BCUT2D eigenvalue weighted by atomic mass is 16.6. The summed E-state index contributed by atoms with van der Waals surface area (Å²) >= 11 is 0. The van der Waals surface area contributed by atoms with E-state index >= 15 is 0 Å². The third-order valence-corrected chi connectivity index (χ3v) is 5.19. The number of carboxylic acid groups (broad SMARTS) is 1. The van der Waals surface area contributed by atoms with E-state index < -0.39 is 11.6 Å². The number of carbonyl (C=O) groups is 2. The number of nitrogens with two attached hydrogens (primary N) is 1. The van der Waals surface area contributed by atoms with Gasteiger partial charge >= 0.3 is 12.1 Å². The number of aromatic nitrogens is 3. The summed E-state index contributed by atoms with van der Waals surface area (Å²) in [7, 11) is 0. The molecule has 0 bridgehead atoms. The van der Waals surface area contributed by atoms with Gasteiger partial charge in [-0.2, -0.15) is 0 Å². The van der Waals surface area contributed by atoms with Crippen molar-refractivity contribution in [1.29, 1.82) is 0 Å². The lowest BCUT2D eigenvalue weighted by Crippen LogP contribution is -2.40. The molecule has 2 aromatic heterocycles. The Morgan fingerprint density at radius 2 is 2.03 bits per heavy atom. The molecule has 4 N–H and O–H groups in total. The minimum Gasteiger partial charge on any atom is -0.478 e. The molecule has 4 rings (SSSR count). The molecule has 9 nitrogen and oxygen atoms in total. The first-order valence-corrected chi connectivity index (χ1v) is 10.3. The summed E-state index contributed by atoms with van der Waals surface area (Å²) in [6.45, 7) is 6.39. The van der Waals surface area contributed by atoms with Crippen molar-refractivity contribution in [2.24, 2.45) is 0 Å². The standard InChI is InChI=1S/C23H25N5O4/c1-23(2,3)32-22(31)28-10-8-14-13(12-28)5-4-6-15(14)19-16(20(29)30)11-18(26-19)17-7-9-25-21(24)27-17/h4-7,9,11,26H,8,10,12H2,1-3H3,(H,29,30)(H2,24,25,27). The zero-order valence-electron chi connectivity index (χ0n) is 18.2. The van der Waals surface area contributed by atoms with Gasteiger partial charge in [0.05, 0.1) is 22.6 Å². The summed E-state index contributed by atoms with van der Waals surface area (Å²) in [6, 6.07) is 8.91. The van der Waals surface area contributed by atoms with Crippen LogP contribution < -0.4 is 5.73 Å². The van der Waals surface area contributed by atoms with Crippen molar-refractivity contribution in [2.75, 3.05) is 12.3 Å². The molecule has 0 fully saturated rings. The zero-order chi connectivity index (χ0) is 23.0. The fraction of sp³-hybridized carbons (Fsp3) is 0.304. The lowest BCUT2D eigenvalue weighted by atomic mass is 9.92. The van der Waals surface area contributed by atoms with Gasteiger partial charge in [-0.1, -0.05) is 18.2 Å². The number of aromatic carboxylic acids is 1. The fourth-order valence-corrected chi connectivity index (χ4v) is 3.82. The summed E-state index contributed by atoms with van der Waals surface area (Å²) in [6.07, 6.45) is 1.75. The predicted molar refractivity (Wildman–Crippen MR) is 119 cm³/mol. The Labute approximate surface area is 185 Å². The smallest absolute Gasteiger partial charge is 0.410 e. The Balaban J connectivity index is 1.71. The quantitative estimate of drug-likeness (QED) is 0.571. The monoisotopic (exact) mass is 435 g/mol. The van der Waals surface area contributed by atoms with Gasteiger partial charge in [0.25, 0.3) is 0 Å². The molecule has 0 saturated carbocycles. The summed E-state index contributed by atoms with van der Waals surface area (Å²) in [5, 5.41) is 9.82. The van der Waals surface area contributed by atoms with Gasteiger partial charge in [-0.15, -0.1) is 0 Å². The Bertz CT molecular complexity index is 1200. The summed E-state index contributed by atoms with van der Waals surface area (Å²) in [5.74, 6) is -0.942. The average molecular weight is 435 g/mol. The van der Waals surface area contributed by atoms with Crippen LogP contribution in [0.15, 0.2) is 36.5 Å². The molecule has 3 aromatic rings. The second-order valence-corrected chi connectivity index (χ2v) is 8.67. The number of nitrogens with zero attached hydrogens (tertiary/aromatic N) is 3. The lowest BCUT2D eigenvalue weighted by Gasteiger charge is -2.32. The van der Waals surface area contributed by atoms with Gasteiger partial charge < -0.3 is 25.5 Å². The predicted octanol–water partition coefficient (Wildman–Crippen LogP) is 3.71. The highest BCUT2D eigenvalue weighted by Crippen LogP contribution is 2.34. The molecule has 0 spiro atoms. The third kappa shape index (κ3) is 4.27. The maximum atomic E-state index is 12.5. The van der Waals surface area contributed by atoms with E-state index in [4.69, 9.17) is 10.5 Å². The van der Waals surface area contributed by atoms with E-state index in [9.17, 15) is 14.7 Å². The number of carbonyl (C=O) groups excluding carboxylic acids is 1. The Morgan fingerprint density at radius 1 is 1.25 bits per heavy atom. The van der Waals surface area contributed by atoms with Crippen molar-refractivity contribution >= 4 is 18.0 Å². The van der Waals surface area contributed by atoms with Crippen molar-refractivity contribution in [3.63, 3.8) is 0 Å². The van der Waals surface area contributed by atoms with E-state index in [1.807, 2.05) is 39.0 Å². The van der Waals surface area contributed by atoms with Crippen LogP contribution >= 0.6 is 0 Å². The van der Waals surface area contributed by atoms with E-state index in [1.54, 1.807) is 17.0 Å². The topological polar surface area (TPSA) is 134 Å². The van der Waals surface area contributed by atoms with Gasteiger partial charge in [0, 0.05) is 24.8 Å². The van der Waals surface area contributed by atoms with E-state index in [1.165, 1.54) is 6.20 Å². The molecule has 0 unspecified atom stereocenters. The molecular weight excluding hydrogens is 410 g/mol. The number of aromatic amines is 1. The van der Waals surface area contributed by atoms with Crippen LogP contribution in [0, 0.1) is 0 Å². The zero-order valence-corrected chi connectivity index (χ0v) is 18.2. The molecule has 166 valence electrons. The van der Waals surface area contributed by atoms with Gasteiger partial charge in [0.15, 0.2) is 0 Å². The van der Waals surface area contributed by atoms with Crippen LogP contribution in [0.3, 0.4) is 0 Å². The number of H-pyrrole nitrogens is 1. The highest BCUT2D eigenvalue weighted by Gasteiger charge is 2.28. The summed E-state index contributed by atoms with van der Waals surface area (Å²) in [4.78, 5) is 37.4. The van der Waals surface area contributed by atoms with Crippen LogP contribution in [0.2, 0.25) is 0 Å². The molecule has 1 aliphatic rings. The number of carboxylic acids is 1. The fourth-order valence-electron chi connectivity index (χ4n) is 3.82. The molecule has 32 heavy (non-hydrogen) atoms. The SMILES string of the molecule is CC(C)(C)OC(=O)N1CCc2c(cccc2-c2[nH]c(-c3ccnc(N)n3)cc2C(=O)O)C1. The van der Waals surface area contributed by atoms with Gasteiger partial charge in [-0.25, -0.2) is 19.6 Å². The van der Waals surface area contributed by atoms with Crippen LogP contribution in [0.1, 0.15) is 42.3 Å². The van der Waals surface area contributed by atoms with E-state index in [-0.39, 0.29) is 17.6 Å². The molecule has 0 radical (unpaired) electrons. The van der Waals surface area contributed by atoms with E-state index in [0.717, 1.165) is 16.7 Å². The number of nitrogens with one attached hydrogen (secondary N) is 1. The number of hydrogen-bond acceptors (Lipinski definition) is 6. The lowest BCUT2D eigenvalue weighted by molar-refractivity contribution is 0.0224.